The second-order valence-electron chi connectivity index (χ2n) is 7.66. The van der Waals surface area contributed by atoms with Crippen molar-refractivity contribution in [1.29, 1.82) is 0 Å². The van der Waals surface area contributed by atoms with Gasteiger partial charge < -0.3 is 15.8 Å². The molecule has 3 N–H and O–H groups in total. The monoisotopic (exact) mass is 429 g/mol. The molecule has 0 aliphatic carbocycles. The van der Waals surface area contributed by atoms with E-state index in [4.69, 9.17) is 32.7 Å². The number of benzene rings is 2. The molecule has 2 aromatic heterocycles. The lowest BCUT2D eigenvalue weighted by Crippen LogP contribution is -2.19. The summed E-state index contributed by atoms with van der Waals surface area (Å²) in [6.07, 6.45) is 0.765. The molecule has 0 bridgehead atoms. The van der Waals surface area contributed by atoms with Crippen LogP contribution in [0.15, 0.2) is 54.6 Å². The zero-order valence-corrected chi connectivity index (χ0v) is 18.1. The Bertz CT molecular complexity index is 1280. The molecule has 31 heavy (non-hydrogen) atoms. The van der Waals surface area contributed by atoms with Gasteiger partial charge in [-0.25, -0.2) is 4.98 Å². The number of aromatic nitrogens is 3. The first-order chi connectivity index (χ1) is 15.1. The lowest BCUT2D eigenvalue weighted by molar-refractivity contribution is 0.109. The Hall–Kier alpha value is -3.29. The van der Waals surface area contributed by atoms with Crippen molar-refractivity contribution in [1.82, 2.24) is 14.5 Å². The molecule has 1 aliphatic rings. The minimum Gasteiger partial charge on any atom is -0.389 e. The fraction of sp³-hybridized carbons (Fsp3) is 0.208. The van der Waals surface area contributed by atoms with E-state index in [0.717, 1.165) is 45.7 Å². The van der Waals surface area contributed by atoms with Crippen LogP contribution in [0.4, 0.5) is 5.82 Å². The van der Waals surface area contributed by atoms with Crippen LogP contribution in [0.1, 0.15) is 28.1 Å². The smallest absolute Gasteiger partial charge is 0.236 e. The summed E-state index contributed by atoms with van der Waals surface area (Å²) in [6, 6.07) is 18.3. The van der Waals surface area contributed by atoms with Crippen molar-refractivity contribution in [3.63, 3.8) is 0 Å². The van der Waals surface area contributed by atoms with Crippen molar-refractivity contribution in [3.05, 3.63) is 82.7 Å². The first-order valence-electron chi connectivity index (χ1n) is 10.3. The zero-order valence-electron chi connectivity index (χ0n) is 17.3. The number of hydrogen-bond donors (Lipinski definition) is 2. The molecule has 6 nitrogen and oxygen atoms in total. The molecule has 7 heteroatoms. The summed E-state index contributed by atoms with van der Waals surface area (Å²) in [4.78, 5) is 10.2. The first kappa shape index (κ1) is 19.7. The van der Waals surface area contributed by atoms with Gasteiger partial charge in [-0.05, 0) is 24.6 Å². The Morgan fingerprint density at radius 2 is 2.00 bits per heavy atom. The Labute approximate surface area is 186 Å². The summed E-state index contributed by atoms with van der Waals surface area (Å²) in [5, 5.41) is 4.51. The molecule has 5 rings (SSSR count). The van der Waals surface area contributed by atoms with Gasteiger partial charge in [0.15, 0.2) is 0 Å². The molecular formula is C24H23N5OS. The van der Waals surface area contributed by atoms with Gasteiger partial charge in [0.1, 0.15) is 10.8 Å². The summed E-state index contributed by atoms with van der Waals surface area (Å²) >= 11 is 5.25. The topological polar surface area (TPSA) is 78.0 Å². The highest BCUT2D eigenvalue weighted by atomic mass is 32.1. The lowest BCUT2D eigenvalue weighted by atomic mass is 10.1. The maximum absolute atomic E-state index is 5.95. The third-order valence-electron chi connectivity index (χ3n) is 5.61. The summed E-state index contributed by atoms with van der Waals surface area (Å²) in [5.41, 5.74) is 12.1. The summed E-state index contributed by atoms with van der Waals surface area (Å²) in [5.74, 6) is 1.46. The number of aryl methyl sites for hydroxylation is 1. The standard InChI is InChI=1S/C24H23N5OS/c1-15-12-18-17(22(25)31)8-5-9-21(18)29(15)24-27-20-10-11-30-14-19(20)23(28-24)26-13-16-6-3-2-4-7-16/h2-9,12H,10-11,13-14H2,1H3,(H2,25,31)(H,26,27,28). The predicted octanol–water partition coefficient (Wildman–Crippen LogP) is 4.05. The Kier molecular flexibility index (Phi) is 5.13. The third kappa shape index (κ3) is 3.66. The molecular weight excluding hydrogens is 406 g/mol. The second-order valence-corrected chi connectivity index (χ2v) is 8.10. The van der Waals surface area contributed by atoms with E-state index < -0.39 is 0 Å². The highest BCUT2D eigenvalue weighted by Crippen LogP contribution is 2.29. The maximum Gasteiger partial charge on any atom is 0.236 e. The number of rotatable bonds is 5. The van der Waals surface area contributed by atoms with Crippen LogP contribution in [0.3, 0.4) is 0 Å². The van der Waals surface area contributed by atoms with Gasteiger partial charge in [0.2, 0.25) is 5.95 Å². The number of fused-ring (bicyclic) bond motifs is 2. The van der Waals surface area contributed by atoms with E-state index in [1.165, 1.54) is 5.56 Å². The van der Waals surface area contributed by atoms with Crippen molar-refractivity contribution in [2.75, 3.05) is 11.9 Å². The summed E-state index contributed by atoms with van der Waals surface area (Å²) in [7, 11) is 0. The average molecular weight is 430 g/mol. The van der Waals surface area contributed by atoms with Gasteiger partial charge in [0, 0.05) is 35.2 Å². The third-order valence-corrected chi connectivity index (χ3v) is 5.83. The zero-order chi connectivity index (χ0) is 21.4. The van der Waals surface area contributed by atoms with Crippen LogP contribution in [-0.2, 0) is 24.3 Å². The largest absolute Gasteiger partial charge is 0.389 e. The molecule has 0 fully saturated rings. The van der Waals surface area contributed by atoms with Gasteiger partial charge in [0.05, 0.1) is 24.4 Å². The number of nitrogens with zero attached hydrogens (tertiary/aromatic N) is 3. The SMILES string of the molecule is Cc1cc2c(C(N)=S)cccc2n1-c1nc2c(c(NCc3ccccc3)n1)COCC2. The van der Waals surface area contributed by atoms with Crippen molar-refractivity contribution in [3.8, 4) is 5.95 Å². The van der Waals surface area contributed by atoms with Gasteiger partial charge in [-0.1, -0.05) is 54.7 Å². The van der Waals surface area contributed by atoms with E-state index in [9.17, 15) is 0 Å². The number of ether oxygens (including phenoxy) is 1. The number of hydrogen-bond acceptors (Lipinski definition) is 5. The second kappa shape index (κ2) is 8.09. The predicted molar refractivity (Wildman–Crippen MR) is 127 cm³/mol. The molecule has 0 spiro atoms. The molecule has 0 saturated heterocycles. The molecule has 1 aliphatic heterocycles. The van der Waals surface area contributed by atoms with E-state index in [0.29, 0.717) is 30.7 Å². The van der Waals surface area contributed by atoms with Gasteiger partial charge in [-0.3, -0.25) is 4.57 Å². The van der Waals surface area contributed by atoms with Gasteiger partial charge in [-0.15, -0.1) is 0 Å². The van der Waals surface area contributed by atoms with Crippen LogP contribution in [0.2, 0.25) is 0 Å². The minimum absolute atomic E-state index is 0.386. The van der Waals surface area contributed by atoms with Crippen LogP contribution in [0.5, 0.6) is 0 Å². The Morgan fingerprint density at radius 3 is 2.81 bits per heavy atom. The quantitative estimate of drug-likeness (QED) is 0.466. The van der Waals surface area contributed by atoms with Crippen LogP contribution < -0.4 is 11.1 Å². The number of anilines is 1. The van der Waals surface area contributed by atoms with E-state index >= 15 is 0 Å². The molecule has 0 radical (unpaired) electrons. The van der Waals surface area contributed by atoms with Crippen LogP contribution in [-0.4, -0.2) is 26.1 Å². The lowest BCUT2D eigenvalue weighted by Gasteiger charge is -2.21. The molecule has 0 amide bonds. The molecule has 0 atom stereocenters. The van der Waals surface area contributed by atoms with Crippen LogP contribution in [0, 0.1) is 6.92 Å². The normalized spacial score (nSPS) is 13.2. The highest BCUT2D eigenvalue weighted by molar-refractivity contribution is 7.80. The fourth-order valence-electron chi connectivity index (χ4n) is 4.09. The van der Waals surface area contributed by atoms with Gasteiger partial charge in [-0.2, -0.15) is 4.98 Å². The van der Waals surface area contributed by atoms with Crippen molar-refractivity contribution in [2.45, 2.75) is 26.5 Å². The van der Waals surface area contributed by atoms with Gasteiger partial charge >= 0.3 is 0 Å². The Morgan fingerprint density at radius 1 is 1.16 bits per heavy atom. The average Bonchev–Trinajstić information content (AvgIpc) is 3.13. The maximum atomic E-state index is 5.95. The molecule has 4 aromatic rings. The van der Waals surface area contributed by atoms with E-state index in [-0.39, 0.29) is 0 Å². The summed E-state index contributed by atoms with van der Waals surface area (Å²) < 4.78 is 7.77. The molecule has 156 valence electrons. The molecule has 0 unspecified atom stereocenters. The minimum atomic E-state index is 0.386. The number of nitrogens with two attached hydrogens (primary N) is 1. The van der Waals surface area contributed by atoms with Crippen LogP contribution in [0.25, 0.3) is 16.9 Å². The van der Waals surface area contributed by atoms with E-state index in [1.807, 2.05) is 43.3 Å². The first-order valence-corrected chi connectivity index (χ1v) is 10.7. The van der Waals surface area contributed by atoms with Crippen LogP contribution >= 0.6 is 12.2 Å². The van der Waals surface area contributed by atoms with Crippen molar-refractivity contribution < 1.29 is 4.74 Å². The van der Waals surface area contributed by atoms with Crippen molar-refractivity contribution in [2.24, 2.45) is 5.73 Å². The molecule has 0 saturated carbocycles. The van der Waals surface area contributed by atoms with E-state index in [2.05, 4.69) is 28.1 Å². The fourth-order valence-corrected chi connectivity index (χ4v) is 4.27. The summed E-state index contributed by atoms with van der Waals surface area (Å²) in [6.45, 7) is 3.91. The van der Waals surface area contributed by atoms with E-state index in [1.54, 1.807) is 0 Å². The Balaban J connectivity index is 1.62. The van der Waals surface area contributed by atoms with Crippen molar-refractivity contribution >= 4 is 33.9 Å². The van der Waals surface area contributed by atoms with Gasteiger partial charge in [0.25, 0.3) is 0 Å². The molecule has 2 aromatic carbocycles. The highest BCUT2D eigenvalue weighted by Gasteiger charge is 2.21. The number of nitrogens with one attached hydrogen (secondary N) is 1. The molecule has 3 heterocycles. The number of thiocarbonyl (C=S) groups is 1.